The van der Waals surface area contributed by atoms with Crippen LogP contribution in [-0.2, 0) is 6.42 Å². The van der Waals surface area contributed by atoms with E-state index in [1.807, 2.05) is 6.07 Å². The lowest BCUT2D eigenvalue weighted by Gasteiger charge is -2.20. The molecular weight excluding hydrogens is 397 g/mol. The molecule has 4 heteroatoms. The monoisotopic (exact) mass is 430 g/mol. The fourth-order valence-corrected chi connectivity index (χ4v) is 6.22. The standard InChI is InChI=1S/C27H33F3O/c1-3-5-18-9-12-21-19(10-13-20(18)21)8-6-17-7-11-22(24(28)16-17)23-14-15-25(31-4-2)27(30)26(23)29/h7,11,14-16,18-21H,3-6,8-10,12-13H2,1-2H3. The van der Waals surface area contributed by atoms with Crippen molar-refractivity contribution in [3.05, 3.63) is 53.3 Å². The van der Waals surface area contributed by atoms with Gasteiger partial charge in [0.1, 0.15) is 5.82 Å². The van der Waals surface area contributed by atoms with Crippen LogP contribution in [0.15, 0.2) is 30.3 Å². The van der Waals surface area contributed by atoms with Gasteiger partial charge in [-0.05, 0) is 92.9 Å². The molecule has 0 N–H and O–H groups in total. The highest BCUT2D eigenvalue weighted by atomic mass is 19.2. The molecular formula is C27H33F3O. The first-order chi connectivity index (χ1) is 15.0. The summed E-state index contributed by atoms with van der Waals surface area (Å²) in [5, 5.41) is 0. The topological polar surface area (TPSA) is 9.23 Å². The van der Waals surface area contributed by atoms with Gasteiger partial charge in [0.25, 0.3) is 0 Å². The lowest BCUT2D eigenvalue weighted by Crippen LogP contribution is -2.13. The molecule has 2 fully saturated rings. The maximum Gasteiger partial charge on any atom is 0.201 e. The summed E-state index contributed by atoms with van der Waals surface area (Å²) in [6.07, 6.45) is 9.96. The summed E-state index contributed by atoms with van der Waals surface area (Å²) in [6.45, 7) is 4.22. The van der Waals surface area contributed by atoms with Crippen LogP contribution in [0.4, 0.5) is 13.2 Å². The molecule has 2 saturated carbocycles. The van der Waals surface area contributed by atoms with Crippen molar-refractivity contribution in [1.29, 1.82) is 0 Å². The van der Waals surface area contributed by atoms with Gasteiger partial charge in [-0.15, -0.1) is 0 Å². The summed E-state index contributed by atoms with van der Waals surface area (Å²) in [7, 11) is 0. The van der Waals surface area contributed by atoms with Crippen LogP contribution in [0, 0.1) is 41.1 Å². The fraction of sp³-hybridized carbons (Fsp3) is 0.556. The summed E-state index contributed by atoms with van der Waals surface area (Å²) >= 11 is 0. The van der Waals surface area contributed by atoms with E-state index in [2.05, 4.69) is 6.92 Å². The van der Waals surface area contributed by atoms with Crippen molar-refractivity contribution in [1.82, 2.24) is 0 Å². The minimum Gasteiger partial charge on any atom is -0.491 e. The molecule has 1 nitrogen and oxygen atoms in total. The van der Waals surface area contributed by atoms with Crippen LogP contribution >= 0.6 is 0 Å². The smallest absolute Gasteiger partial charge is 0.201 e. The first kappa shape index (κ1) is 22.2. The third kappa shape index (κ3) is 4.49. The minimum atomic E-state index is -1.07. The van der Waals surface area contributed by atoms with Crippen LogP contribution in [0.25, 0.3) is 11.1 Å². The highest BCUT2D eigenvalue weighted by Crippen LogP contribution is 2.53. The van der Waals surface area contributed by atoms with Gasteiger partial charge in [-0.2, -0.15) is 4.39 Å². The molecule has 168 valence electrons. The van der Waals surface area contributed by atoms with Crippen molar-refractivity contribution in [3.8, 4) is 16.9 Å². The molecule has 2 aromatic rings. The Bertz CT molecular complexity index is 910. The van der Waals surface area contributed by atoms with E-state index >= 15 is 0 Å². The molecule has 0 amide bonds. The fourth-order valence-electron chi connectivity index (χ4n) is 6.22. The van der Waals surface area contributed by atoms with Gasteiger partial charge < -0.3 is 4.74 Å². The second-order valence-electron chi connectivity index (χ2n) is 9.32. The Hall–Kier alpha value is -1.97. The maximum atomic E-state index is 14.8. The molecule has 0 bridgehead atoms. The zero-order valence-electron chi connectivity index (χ0n) is 18.6. The molecule has 2 aromatic carbocycles. The van der Waals surface area contributed by atoms with Crippen molar-refractivity contribution < 1.29 is 17.9 Å². The molecule has 4 rings (SSSR count). The van der Waals surface area contributed by atoms with Crippen LogP contribution in [0.5, 0.6) is 5.75 Å². The Morgan fingerprint density at radius 2 is 1.48 bits per heavy atom. The van der Waals surface area contributed by atoms with Crippen molar-refractivity contribution in [2.45, 2.75) is 65.2 Å². The van der Waals surface area contributed by atoms with E-state index in [4.69, 9.17) is 4.74 Å². The van der Waals surface area contributed by atoms with Crippen molar-refractivity contribution in [2.24, 2.45) is 23.7 Å². The first-order valence-corrected chi connectivity index (χ1v) is 11.9. The SMILES string of the molecule is CCCC1CCC2C(CCc3ccc(-c4ccc(OCC)c(F)c4F)c(F)c3)CCC12. The highest BCUT2D eigenvalue weighted by molar-refractivity contribution is 5.66. The van der Waals surface area contributed by atoms with Gasteiger partial charge >= 0.3 is 0 Å². The second kappa shape index (κ2) is 9.67. The third-order valence-corrected chi connectivity index (χ3v) is 7.64. The van der Waals surface area contributed by atoms with Gasteiger partial charge in [0, 0.05) is 11.1 Å². The summed E-state index contributed by atoms with van der Waals surface area (Å²) in [6, 6.07) is 7.66. The van der Waals surface area contributed by atoms with Gasteiger partial charge in [-0.25, -0.2) is 8.78 Å². The Kier molecular flexibility index (Phi) is 6.93. The number of hydrogen-bond donors (Lipinski definition) is 0. The molecule has 0 saturated heterocycles. The van der Waals surface area contributed by atoms with Crippen LogP contribution < -0.4 is 4.74 Å². The Balaban J connectivity index is 1.43. The number of aryl methyl sites for hydroxylation is 1. The van der Waals surface area contributed by atoms with E-state index in [9.17, 15) is 13.2 Å². The molecule has 0 heterocycles. The van der Waals surface area contributed by atoms with Gasteiger partial charge in [0.15, 0.2) is 11.6 Å². The zero-order valence-corrected chi connectivity index (χ0v) is 18.6. The van der Waals surface area contributed by atoms with E-state index < -0.39 is 17.5 Å². The van der Waals surface area contributed by atoms with E-state index in [0.29, 0.717) is 0 Å². The molecule has 0 spiro atoms. The zero-order chi connectivity index (χ0) is 22.0. The van der Waals surface area contributed by atoms with E-state index in [1.54, 1.807) is 13.0 Å². The van der Waals surface area contributed by atoms with Crippen LogP contribution in [0.1, 0.15) is 64.4 Å². The summed E-state index contributed by atoms with van der Waals surface area (Å²) in [5.41, 5.74) is 0.943. The normalized spacial score (nSPS) is 25.1. The second-order valence-corrected chi connectivity index (χ2v) is 9.32. The maximum absolute atomic E-state index is 14.8. The number of halogens is 3. The number of benzene rings is 2. The molecule has 4 atom stereocenters. The summed E-state index contributed by atoms with van der Waals surface area (Å²) in [4.78, 5) is 0. The van der Waals surface area contributed by atoms with Crippen LogP contribution in [0.3, 0.4) is 0 Å². The lowest BCUT2D eigenvalue weighted by atomic mass is 9.85. The van der Waals surface area contributed by atoms with Gasteiger partial charge in [-0.3, -0.25) is 0 Å². The molecule has 4 unspecified atom stereocenters. The molecule has 0 radical (unpaired) electrons. The van der Waals surface area contributed by atoms with Gasteiger partial charge in [0.05, 0.1) is 6.61 Å². The molecule has 2 aliphatic rings. The van der Waals surface area contributed by atoms with E-state index in [1.165, 1.54) is 56.7 Å². The number of rotatable bonds is 8. The lowest BCUT2D eigenvalue weighted by molar-refractivity contribution is 0.294. The largest absolute Gasteiger partial charge is 0.491 e. The average molecular weight is 431 g/mol. The highest BCUT2D eigenvalue weighted by Gasteiger charge is 2.43. The van der Waals surface area contributed by atoms with Crippen LogP contribution in [0.2, 0.25) is 0 Å². The molecule has 31 heavy (non-hydrogen) atoms. The van der Waals surface area contributed by atoms with Gasteiger partial charge in [0.2, 0.25) is 5.82 Å². The first-order valence-electron chi connectivity index (χ1n) is 11.9. The molecule has 0 aliphatic heterocycles. The Morgan fingerprint density at radius 1 is 0.806 bits per heavy atom. The Morgan fingerprint density at radius 3 is 2.13 bits per heavy atom. The number of ether oxygens (including phenoxy) is 1. The predicted octanol–water partition coefficient (Wildman–Crippen LogP) is 7.95. The number of hydrogen-bond acceptors (Lipinski definition) is 1. The molecule has 0 aromatic heterocycles. The van der Waals surface area contributed by atoms with E-state index in [-0.39, 0.29) is 23.5 Å². The summed E-state index contributed by atoms with van der Waals surface area (Å²) < 4.78 is 48.6. The quantitative estimate of drug-likeness (QED) is 0.413. The van der Waals surface area contributed by atoms with Crippen molar-refractivity contribution in [2.75, 3.05) is 6.61 Å². The third-order valence-electron chi connectivity index (χ3n) is 7.64. The van der Waals surface area contributed by atoms with Crippen molar-refractivity contribution in [3.63, 3.8) is 0 Å². The van der Waals surface area contributed by atoms with Crippen LogP contribution in [-0.4, -0.2) is 6.61 Å². The number of fused-ring (bicyclic) bond motifs is 1. The molecule has 2 aliphatic carbocycles. The predicted molar refractivity (Wildman–Crippen MR) is 119 cm³/mol. The van der Waals surface area contributed by atoms with Crippen molar-refractivity contribution >= 4 is 0 Å². The van der Waals surface area contributed by atoms with Gasteiger partial charge in [-0.1, -0.05) is 31.9 Å². The minimum absolute atomic E-state index is 0.0726. The summed E-state index contributed by atoms with van der Waals surface area (Å²) in [5.74, 6) is 0.613. The Labute approximate surface area is 184 Å². The average Bonchev–Trinajstić information content (AvgIpc) is 3.34. The van der Waals surface area contributed by atoms with E-state index in [0.717, 1.165) is 42.1 Å².